The Bertz CT molecular complexity index is 637. The van der Waals surface area contributed by atoms with E-state index in [2.05, 4.69) is 4.98 Å². The van der Waals surface area contributed by atoms with Gasteiger partial charge in [0.25, 0.3) is 5.91 Å². The number of hydrogen-bond acceptors (Lipinski definition) is 5. The van der Waals surface area contributed by atoms with Crippen LogP contribution in [0.15, 0.2) is 35.2 Å². The minimum atomic E-state index is 0.0652. The van der Waals surface area contributed by atoms with Crippen LogP contribution >= 0.6 is 11.3 Å². The molecule has 0 unspecified atom stereocenters. The molecule has 1 fully saturated rings. The molecule has 1 aliphatic rings. The van der Waals surface area contributed by atoms with Crippen LogP contribution in [0.1, 0.15) is 29.4 Å². The number of hydrogen-bond donors (Lipinski definition) is 0. The van der Waals surface area contributed by atoms with Crippen molar-refractivity contribution in [3.63, 3.8) is 0 Å². The highest BCUT2D eigenvalue weighted by atomic mass is 32.1. The van der Waals surface area contributed by atoms with Gasteiger partial charge in [0.2, 0.25) is 0 Å². The summed E-state index contributed by atoms with van der Waals surface area (Å²) in [5.41, 5.74) is 3.39. The van der Waals surface area contributed by atoms with Crippen LogP contribution in [0.3, 0.4) is 0 Å². The van der Waals surface area contributed by atoms with E-state index in [-0.39, 0.29) is 5.91 Å². The van der Waals surface area contributed by atoms with Crippen molar-refractivity contribution in [2.24, 2.45) is 5.92 Å². The van der Waals surface area contributed by atoms with Crippen molar-refractivity contribution in [1.29, 1.82) is 0 Å². The molecule has 3 rings (SSSR count). The van der Waals surface area contributed by atoms with Gasteiger partial charge in [-0.15, -0.1) is 11.3 Å². The Hall–Kier alpha value is -1.92. The molecule has 0 saturated carbocycles. The Kier molecular flexibility index (Phi) is 5.82. The molecule has 1 atom stereocenters. The van der Waals surface area contributed by atoms with E-state index in [4.69, 9.17) is 9.47 Å². The molecule has 1 amide bonds. The van der Waals surface area contributed by atoms with Crippen molar-refractivity contribution in [3.05, 3.63) is 46.4 Å². The van der Waals surface area contributed by atoms with E-state index in [1.807, 2.05) is 41.5 Å². The van der Waals surface area contributed by atoms with Crippen LogP contribution in [0.5, 0.6) is 5.75 Å². The molecule has 2 aromatic rings. The van der Waals surface area contributed by atoms with Gasteiger partial charge in [0, 0.05) is 36.6 Å². The molecule has 24 heavy (non-hydrogen) atoms. The van der Waals surface area contributed by atoms with E-state index >= 15 is 0 Å². The second-order valence-corrected chi connectivity index (χ2v) is 6.58. The van der Waals surface area contributed by atoms with Gasteiger partial charge in [-0.3, -0.25) is 4.79 Å². The lowest BCUT2D eigenvalue weighted by atomic mass is 10.1. The van der Waals surface area contributed by atoms with Crippen molar-refractivity contribution in [2.75, 3.05) is 26.3 Å². The summed E-state index contributed by atoms with van der Waals surface area (Å²) in [5, 5.41) is 1.96. The first kappa shape index (κ1) is 16.9. The van der Waals surface area contributed by atoms with Crippen LogP contribution in [-0.2, 0) is 11.3 Å². The van der Waals surface area contributed by atoms with E-state index in [1.54, 1.807) is 16.8 Å². The standard InChI is InChI=1S/C18H22N2O3S/c1-2-20(9-14-7-8-22-10-14)18(21)15-3-5-17(6-4-15)23-11-16-12-24-13-19-16/h3-6,12-14H,2,7-11H2,1H3/t14-/m1/s1. The molecule has 0 spiro atoms. The molecule has 1 aromatic carbocycles. The molecule has 0 aliphatic carbocycles. The number of nitrogens with zero attached hydrogens (tertiary/aromatic N) is 2. The highest BCUT2D eigenvalue weighted by molar-refractivity contribution is 7.07. The average molecular weight is 346 g/mol. The molecule has 0 N–H and O–H groups in total. The normalized spacial score (nSPS) is 17.0. The summed E-state index contributed by atoms with van der Waals surface area (Å²) >= 11 is 1.55. The third-order valence-electron chi connectivity index (χ3n) is 4.14. The minimum absolute atomic E-state index is 0.0652. The Labute approximate surface area is 146 Å². The van der Waals surface area contributed by atoms with E-state index in [9.17, 15) is 4.79 Å². The van der Waals surface area contributed by atoms with Crippen LogP contribution in [0.25, 0.3) is 0 Å². The number of carbonyl (C=O) groups is 1. The van der Waals surface area contributed by atoms with Gasteiger partial charge in [0.1, 0.15) is 12.4 Å². The van der Waals surface area contributed by atoms with Crippen LogP contribution < -0.4 is 4.74 Å². The van der Waals surface area contributed by atoms with Gasteiger partial charge >= 0.3 is 0 Å². The second-order valence-electron chi connectivity index (χ2n) is 5.87. The third-order valence-corrected chi connectivity index (χ3v) is 4.78. The molecule has 1 aliphatic heterocycles. The zero-order valence-electron chi connectivity index (χ0n) is 13.8. The van der Waals surface area contributed by atoms with Gasteiger partial charge in [0.15, 0.2) is 0 Å². The maximum atomic E-state index is 12.7. The SMILES string of the molecule is CCN(C[C@H]1CCOC1)C(=O)c1ccc(OCc2cscn2)cc1. The first-order valence-corrected chi connectivity index (χ1v) is 9.17. The van der Waals surface area contributed by atoms with Crippen LogP contribution in [0.4, 0.5) is 0 Å². The zero-order chi connectivity index (χ0) is 16.8. The lowest BCUT2D eigenvalue weighted by Gasteiger charge is -2.23. The summed E-state index contributed by atoms with van der Waals surface area (Å²) in [5.74, 6) is 1.26. The van der Waals surface area contributed by atoms with Crippen LogP contribution in [0, 0.1) is 5.92 Å². The molecule has 6 heteroatoms. The number of thiazole rings is 1. The van der Waals surface area contributed by atoms with Gasteiger partial charge in [-0.25, -0.2) is 4.98 Å². The van der Waals surface area contributed by atoms with Crippen molar-refractivity contribution in [1.82, 2.24) is 9.88 Å². The van der Waals surface area contributed by atoms with Crippen molar-refractivity contribution >= 4 is 17.2 Å². The van der Waals surface area contributed by atoms with Crippen molar-refractivity contribution < 1.29 is 14.3 Å². The molecular formula is C18H22N2O3S. The Balaban J connectivity index is 1.57. The number of rotatable bonds is 7. The maximum Gasteiger partial charge on any atom is 0.253 e. The number of carbonyl (C=O) groups excluding carboxylic acids is 1. The molecule has 0 radical (unpaired) electrons. The summed E-state index contributed by atoms with van der Waals surface area (Å²) in [4.78, 5) is 18.7. The number of ether oxygens (including phenoxy) is 2. The molecule has 2 heterocycles. The summed E-state index contributed by atoms with van der Waals surface area (Å²) in [6.45, 7) is 5.49. The first-order valence-electron chi connectivity index (χ1n) is 8.23. The fourth-order valence-corrected chi connectivity index (χ4v) is 3.28. The molecule has 128 valence electrons. The van der Waals surface area contributed by atoms with Gasteiger partial charge in [-0.05, 0) is 37.6 Å². The number of aromatic nitrogens is 1. The Morgan fingerprint density at radius 1 is 1.42 bits per heavy atom. The van der Waals surface area contributed by atoms with Crippen molar-refractivity contribution in [3.8, 4) is 5.75 Å². The van der Waals surface area contributed by atoms with Gasteiger partial charge in [0.05, 0.1) is 17.8 Å². The van der Waals surface area contributed by atoms with E-state index in [0.717, 1.165) is 37.6 Å². The predicted octanol–water partition coefficient (Wildman–Crippen LogP) is 3.22. The highest BCUT2D eigenvalue weighted by Crippen LogP contribution is 2.18. The second kappa shape index (κ2) is 8.26. The summed E-state index contributed by atoms with van der Waals surface area (Å²) in [6.07, 6.45) is 1.03. The van der Waals surface area contributed by atoms with E-state index < -0.39 is 0 Å². The predicted molar refractivity (Wildman–Crippen MR) is 93.4 cm³/mol. The summed E-state index contributed by atoms with van der Waals surface area (Å²) < 4.78 is 11.1. The third kappa shape index (κ3) is 4.33. The molecule has 1 saturated heterocycles. The van der Waals surface area contributed by atoms with E-state index in [0.29, 0.717) is 24.6 Å². The smallest absolute Gasteiger partial charge is 0.253 e. The first-order chi connectivity index (χ1) is 11.8. The fourth-order valence-electron chi connectivity index (χ4n) is 2.74. The molecule has 0 bridgehead atoms. The number of benzene rings is 1. The Morgan fingerprint density at radius 3 is 2.88 bits per heavy atom. The van der Waals surface area contributed by atoms with Gasteiger partial charge in [-0.2, -0.15) is 0 Å². The summed E-state index contributed by atoms with van der Waals surface area (Å²) in [7, 11) is 0. The van der Waals surface area contributed by atoms with Crippen molar-refractivity contribution in [2.45, 2.75) is 20.0 Å². The van der Waals surface area contributed by atoms with Gasteiger partial charge in [-0.1, -0.05) is 0 Å². The fraction of sp³-hybridized carbons (Fsp3) is 0.444. The topological polar surface area (TPSA) is 51.7 Å². The average Bonchev–Trinajstić information content (AvgIpc) is 3.31. The maximum absolute atomic E-state index is 12.7. The molecule has 1 aromatic heterocycles. The Morgan fingerprint density at radius 2 is 2.25 bits per heavy atom. The van der Waals surface area contributed by atoms with E-state index in [1.165, 1.54) is 0 Å². The minimum Gasteiger partial charge on any atom is -0.487 e. The zero-order valence-corrected chi connectivity index (χ0v) is 14.6. The summed E-state index contributed by atoms with van der Waals surface area (Å²) in [6, 6.07) is 7.33. The molecule has 5 nitrogen and oxygen atoms in total. The molecular weight excluding hydrogens is 324 g/mol. The lowest BCUT2D eigenvalue weighted by Crippen LogP contribution is -2.35. The van der Waals surface area contributed by atoms with Crippen LogP contribution in [-0.4, -0.2) is 42.1 Å². The number of amides is 1. The quantitative estimate of drug-likeness (QED) is 0.772. The lowest BCUT2D eigenvalue weighted by molar-refractivity contribution is 0.0731. The monoisotopic (exact) mass is 346 g/mol. The van der Waals surface area contributed by atoms with Crippen LogP contribution in [0.2, 0.25) is 0 Å². The van der Waals surface area contributed by atoms with Gasteiger partial charge < -0.3 is 14.4 Å². The highest BCUT2D eigenvalue weighted by Gasteiger charge is 2.22. The largest absolute Gasteiger partial charge is 0.487 e.